The Labute approximate surface area is 347 Å². The lowest BCUT2D eigenvalue weighted by Gasteiger charge is -2.47. The summed E-state index contributed by atoms with van der Waals surface area (Å²) in [5.74, 6) is 1.99. The number of piperazine rings is 1. The van der Waals surface area contributed by atoms with Crippen LogP contribution in [0.2, 0.25) is 16.6 Å². The summed E-state index contributed by atoms with van der Waals surface area (Å²) in [7, 11) is -2.40. The highest BCUT2D eigenvalue weighted by molar-refractivity contribution is 7.90. The molecule has 7 rings (SSSR count). The zero-order chi connectivity index (χ0) is 43.0. The van der Waals surface area contributed by atoms with Crippen LogP contribution < -0.4 is 15.0 Å². The summed E-state index contributed by atoms with van der Waals surface area (Å²) in [4.78, 5) is 43.0. The molecule has 3 aliphatic heterocycles. The van der Waals surface area contributed by atoms with Crippen LogP contribution in [0.1, 0.15) is 87.6 Å². The first-order valence-electron chi connectivity index (χ1n) is 20.1. The number of anilines is 2. The van der Waals surface area contributed by atoms with Gasteiger partial charge in [0.1, 0.15) is 48.4 Å². The van der Waals surface area contributed by atoms with Crippen LogP contribution in [0.15, 0.2) is 29.4 Å². The maximum Gasteiger partial charge on any atom is 0.412 e. The number of amides is 2. The van der Waals surface area contributed by atoms with Gasteiger partial charge in [0.05, 0.1) is 23.7 Å². The van der Waals surface area contributed by atoms with E-state index in [1.54, 1.807) is 32.9 Å². The fourth-order valence-corrected chi connectivity index (χ4v) is 15.5. The molecule has 2 fully saturated rings. The van der Waals surface area contributed by atoms with E-state index in [4.69, 9.17) is 19.4 Å². The predicted octanol–water partition coefficient (Wildman–Crippen LogP) is 9.26. The average molecular weight is 847 g/mol. The van der Waals surface area contributed by atoms with Crippen molar-refractivity contribution in [2.24, 2.45) is 0 Å². The number of carbonyl (C=O) groups excluding carboxylic acids is 1. The van der Waals surface area contributed by atoms with E-state index in [1.807, 2.05) is 11.8 Å². The number of nitrogens with one attached hydrogen (secondary N) is 1. The molecule has 12 nitrogen and oxygen atoms in total. The predicted molar refractivity (Wildman–Crippen MR) is 228 cm³/mol. The number of carbonyl (C=O) groups is 2. The quantitative estimate of drug-likeness (QED) is 0.0831. The van der Waals surface area contributed by atoms with Crippen molar-refractivity contribution >= 4 is 64.6 Å². The van der Waals surface area contributed by atoms with Crippen molar-refractivity contribution in [3.05, 3.63) is 41.5 Å². The molecule has 314 valence electrons. The molecule has 0 aliphatic carbocycles. The highest BCUT2D eigenvalue weighted by Crippen LogP contribution is 2.47. The standard InChI is InChI=1S/C43H52F2N6O6SSi/c1-21(2)59(22(3)4,23(5)6)17-16-28-30(44)14-12-25-18-26(46-41(52)57-43(8,9)10)19-29(32(25)28)35-34(45)36-33-38(49-40(48-36)58(11)55)50-20-27-13-15-31(51(27)42(53)54)37(50)24(7)56-39(33)47-35/h12,14,18-19,21-24,27,31,37H,13,15,20H2,1-11H3,(H,46,52)(H,53,54). The molecule has 2 N–H and O–H groups in total. The molecular weight excluding hydrogens is 795 g/mol. The number of aromatic nitrogens is 3. The van der Waals surface area contributed by atoms with Gasteiger partial charge >= 0.3 is 17.3 Å². The molecule has 0 spiro atoms. The Morgan fingerprint density at radius 2 is 1.73 bits per heavy atom. The zero-order valence-electron chi connectivity index (χ0n) is 35.4. The van der Waals surface area contributed by atoms with Crippen LogP contribution in [0.4, 0.5) is 29.9 Å². The summed E-state index contributed by atoms with van der Waals surface area (Å²) in [6.07, 6.45) is 0.161. The number of nitrogens with zero attached hydrogens (tertiary/aromatic N) is 5. The van der Waals surface area contributed by atoms with Crippen molar-refractivity contribution in [2.75, 3.05) is 23.0 Å². The summed E-state index contributed by atoms with van der Waals surface area (Å²) in [6.45, 7) is 20.2. The molecular formula is C43H52F2N6O6SSi. The number of carboxylic acid groups (broad SMARTS) is 1. The van der Waals surface area contributed by atoms with Crippen molar-refractivity contribution in [2.45, 2.75) is 134 Å². The highest BCUT2D eigenvalue weighted by Gasteiger charge is 2.53. The molecule has 2 amide bonds. The van der Waals surface area contributed by atoms with Gasteiger partial charge in [0.25, 0.3) is 0 Å². The van der Waals surface area contributed by atoms with E-state index in [1.165, 1.54) is 23.3 Å². The van der Waals surface area contributed by atoms with E-state index in [0.717, 1.165) is 0 Å². The van der Waals surface area contributed by atoms with Crippen LogP contribution >= 0.6 is 0 Å². The zero-order valence-corrected chi connectivity index (χ0v) is 37.2. The van der Waals surface area contributed by atoms with Crippen molar-refractivity contribution in [1.29, 1.82) is 0 Å². The van der Waals surface area contributed by atoms with Crippen LogP contribution in [0.3, 0.4) is 0 Å². The number of fused-ring (bicyclic) bond motifs is 6. The fraction of sp³-hybridized carbons (Fsp3) is 0.512. The second-order valence-corrected chi connectivity index (χ2v) is 24.7. The fourth-order valence-electron chi connectivity index (χ4n) is 9.87. The third-order valence-electron chi connectivity index (χ3n) is 12.2. The van der Waals surface area contributed by atoms with Crippen molar-refractivity contribution in [3.8, 4) is 28.6 Å². The largest absolute Gasteiger partial charge is 0.609 e. The molecule has 5 heterocycles. The third-order valence-corrected chi connectivity index (χ3v) is 19.2. The first-order chi connectivity index (χ1) is 27.6. The van der Waals surface area contributed by atoms with Gasteiger partial charge in [0.2, 0.25) is 5.88 Å². The van der Waals surface area contributed by atoms with Crippen molar-refractivity contribution in [3.63, 3.8) is 0 Å². The van der Waals surface area contributed by atoms with E-state index in [0.29, 0.717) is 18.2 Å². The summed E-state index contributed by atoms with van der Waals surface area (Å²) >= 11 is -1.76. The van der Waals surface area contributed by atoms with Gasteiger partial charge in [-0.05, 0) is 80.7 Å². The topological polar surface area (TPSA) is 153 Å². The number of pyridine rings is 1. The van der Waals surface area contributed by atoms with Crippen molar-refractivity contribution < 1.29 is 37.5 Å². The van der Waals surface area contributed by atoms with E-state index >= 15 is 8.78 Å². The monoisotopic (exact) mass is 846 g/mol. The molecule has 2 bridgehead atoms. The number of ether oxygens (including phenoxy) is 2. The highest BCUT2D eigenvalue weighted by atomic mass is 32.2. The minimum Gasteiger partial charge on any atom is -0.609 e. The minimum atomic E-state index is -2.40. The molecule has 0 saturated carbocycles. The molecule has 2 aromatic heterocycles. The van der Waals surface area contributed by atoms with Crippen LogP contribution in [0.25, 0.3) is 32.9 Å². The summed E-state index contributed by atoms with van der Waals surface area (Å²) in [5.41, 5.74) is 3.45. The van der Waals surface area contributed by atoms with Gasteiger partial charge in [-0.3, -0.25) is 10.2 Å². The SMILES string of the molecule is CC1Oc2nc(-c3cc(NC(=O)OC(C)(C)C)cc4ccc(F)c(C#C[Si](C(C)C)(C(C)C)C(C)C)c34)c(F)c3nc([S+](C)[O-])nc(c23)N2CC3CCC(C12)N3C(=O)O. The Balaban J connectivity index is 1.53. The molecule has 5 unspecified atom stereocenters. The summed E-state index contributed by atoms with van der Waals surface area (Å²) in [6, 6.07) is 4.68. The molecule has 2 aromatic carbocycles. The van der Waals surface area contributed by atoms with Crippen LogP contribution in [0.5, 0.6) is 5.88 Å². The Kier molecular flexibility index (Phi) is 11.1. The van der Waals surface area contributed by atoms with Crippen LogP contribution in [0, 0.1) is 23.1 Å². The van der Waals surface area contributed by atoms with E-state index in [2.05, 4.69) is 63.3 Å². The van der Waals surface area contributed by atoms with Gasteiger partial charge in [-0.15, -0.1) is 5.54 Å². The summed E-state index contributed by atoms with van der Waals surface area (Å²) < 4.78 is 59.4. The number of hydrogen-bond acceptors (Lipinski definition) is 9. The van der Waals surface area contributed by atoms with Crippen LogP contribution in [-0.2, 0) is 15.9 Å². The number of hydrogen-bond donors (Lipinski definition) is 2. The normalized spacial score (nSPS) is 20.7. The van der Waals surface area contributed by atoms with E-state index in [-0.39, 0.29) is 84.9 Å². The van der Waals surface area contributed by atoms with E-state index < -0.39 is 66.9 Å². The Hall–Kier alpha value is -4.72. The van der Waals surface area contributed by atoms with Gasteiger partial charge in [0, 0.05) is 34.4 Å². The molecule has 3 aliphatic rings. The minimum absolute atomic E-state index is 0.0203. The number of benzene rings is 2. The number of halogens is 2. The van der Waals surface area contributed by atoms with Gasteiger partial charge in [-0.1, -0.05) is 53.5 Å². The second-order valence-electron chi connectivity index (χ2n) is 17.9. The van der Waals surface area contributed by atoms with Gasteiger partial charge < -0.3 is 24.0 Å². The lowest BCUT2D eigenvalue weighted by Crippen LogP contribution is -2.64. The second kappa shape index (κ2) is 15.4. The molecule has 5 atom stereocenters. The van der Waals surface area contributed by atoms with E-state index in [9.17, 15) is 19.2 Å². The Bertz CT molecular complexity index is 2410. The first kappa shape index (κ1) is 42.4. The maximum atomic E-state index is 17.7. The Morgan fingerprint density at radius 1 is 1.05 bits per heavy atom. The molecule has 59 heavy (non-hydrogen) atoms. The molecule has 16 heteroatoms. The van der Waals surface area contributed by atoms with Gasteiger partial charge in [-0.25, -0.2) is 23.4 Å². The summed E-state index contributed by atoms with van der Waals surface area (Å²) in [5, 5.41) is 13.7. The maximum absolute atomic E-state index is 17.7. The Morgan fingerprint density at radius 3 is 2.34 bits per heavy atom. The molecule has 4 aromatic rings. The molecule has 2 saturated heterocycles. The lowest BCUT2D eigenvalue weighted by molar-refractivity contribution is 0.0634. The van der Waals surface area contributed by atoms with Gasteiger partial charge in [0.15, 0.2) is 11.6 Å². The van der Waals surface area contributed by atoms with Gasteiger partial charge in [-0.2, -0.15) is 9.97 Å². The third kappa shape index (κ3) is 7.33. The number of rotatable bonds is 6. The lowest BCUT2D eigenvalue weighted by atomic mass is 9.95. The average Bonchev–Trinajstić information content (AvgIpc) is 3.38. The van der Waals surface area contributed by atoms with Crippen molar-refractivity contribution in [1.82, 2.24) is 19.9 Å². The first-order valence-corrected chi connectivity index (χ1v) is 23.9. The van der Waals surface area contributed by atoms with Crippen LogP contribution in [-0.4, -0.2) is 92.4 Å². The molecule has 0 radical (unpaired) electrons. The smallest absolute Gasteiger partial charge is 0.412 e.